The molecule has 1 aromatic rings. The fraction of sp³-hybridized carbons (Fsp3) is 0.100. The van der Waals surface area contributed by atoms with E-state index in [0.29, 0.717) is 11.3 Å². The van der Waals surface area contributed by atoms with Crippen LogP contribution in [0, 0.1) is 0 Å². The minimum atomic E-state index is -0.593. The Kier molecular flexibility index (Phi) is 4.02. The fourth-order valence-electron chi connectivity index (χ4n) is 1.08. The maximum absolute atomic E-state index is 11.5. The first kappa shape index (κ1) is 11.7. The standard InChI is InChI=1S/C10H12N4O2/c11-6-14-8-3-1-2-7(4-8)10(16)13-5-9(12)15/h1-4,6H,5H2,(H2,11,14)(H2,12,15)(H,13,16). The van der Waals surface area contributed by atoms with Crippen molar-refractivity contribution >= 4 is 23.8 Å². The first-order valence-corrected chi connectivity index (χ1v) is 4.54. The van der Waals surface area contributed by atoms with Gasteiger partial charge in [-0.2, -0.15) is 0 Å². The van der Waals surface area contributed by atoms with E-state index in [0.717, 1.165) is 6.34 Å². The number of carbonyl (C=O) groups is 2. The maximum Gasteiger partial charge on any atom is 0.251 e. The van der Waals surface area contributed by atoms with E-state index >= 15 is 0 Å². The van der Waals surface area contributed by atoms with Crippen molar-refractivity contribution in [3.63, 3.8) is 0 Å². The Balaban J connectivity index is 2.75. The quantitative estimate of drug-likeness (QED) is 0.470. The summed E-state index contributed by atoms with van der Waals surface area (Å²) in [6.07, 6.45) is 1.14. The summed E-state index contributed by atoms with van der Waals surface area (Å²) in [6.45, 7) is -0.191. The third-order valence-electron chi connectivity index (χ3n) is 1.76. The molecule has 2 amide bonds. The van der Waals surface area contributed by atoms with Crippen LogP contribution in [0.5, 0.6) is 0 Å². The number of hydrogen-bond acceptors (Lipinski definition) is 3. The van der Waals surface area contributed by atoms with Crippen LogP contribution in [-0.2, 0) is 4.79 Å². The first-order chi connectivity index (χ1) is 7.63. The highest BCUT2D eigenvalue weighted by Crippen LogP contribution is 2.12. The van der Waals surface area contributed by atoms with Crippen LogP contribution in [0.25, 0.3) is 0 Å². The zero-order valence-corrected chi connectivity index (χ0v) is 8.51. The molecule has 0 fully saturated rings. The average Bonchev–Trinajstić information content (AvgIpc) is 2.26. The molecule has 1 rings (SSSR count). The molecule has 0 radical (unpaired) electrons. The number of rotatable bonds is 4. The van der Waals surface area contributed by atoms with Gasteiger partial charge in [0.05, 0.1) is 18.6 Å². The number of nitrogens with two attached hydrogens (primary N) is 2. The van der Waals surface area contributed by atoms with E-state index in [2.05, 4.69) is 10.3 Å². The number of hydrogen-bond donors (Lipinski definition) is 3. The van der Waals surface area contributed by atoms with Gasteiger partial charge in [0.15, 0.2) is 0 Å². The van der Waals surface area contributed by atoms with E-state index in [9.17, 15) is 9.59 Å². The number of aliphatic imine (C=N–C) groups is 1. The second-order valence-electron chi connectivity index (χ2n) is 2.98. The van der Waals surface area contributed by atoms with E-state index in [-0.39, 0.29) is 12.5 Å². The molecule has 0 heterocycles. The molecule has 0 bridgehead atoms. The highest BCUT2D eigenvalue weighted by Gasteiger charge is 2.06. The number of benzene rings is 1. The summed E-state index contributed by atoms with van der Waals surface area (Å²) in [4.78, 5) is 25.8. The lowest BCUT2D eigenvalue weighted by molar-refractivity contribution is -0.117. The van der Waals surface area contributed by atoms with Gasteiger partial charge < -0.3 is 16.8 Å². The zero-order chi connectivity index (χ0) is 12.0. The van der Waals surface area contributed by atoms with Crippen molar-refractivity contribution in [2.45, 2.75) is 0 Å². The zero-order valence-electron chi connectivity index (χ0n) is 8.51. The number of nitrogens with zero attached hydrogens (tertiary/aromatic N) is 1. The van der Waals surface area contributed by atoms with Crippen LogP contribution in [0.4, 0.5) is 5.69 Å². The van der Waals surface area contributed by atoms with Gasteiger partial charge in [0.25, 0.3) is 5.91 Å². The molecule has 0 aliphatic rings. The van der Waals surface area contributed by atoms with Crippen molar-refractivity contribution < 1.29 is 9.59 Å². The Labute approximate surface area is 92.3 Å². The lowest BCUT2D eigenvalue weighted by Crippen LogP contribution is -2.33. The summed E-state index contributed by atoms with van der Waals surface area (Å²) in [5.74, 6) is -0.975. The third kappa shape index (κ3) is 3.41. The first-order valence-electron chi connectivity index (χ1n) is 4.54. The number of primary amides is 1. The molecule has 0 aliphatic heterocycles. The van der Waals surface area contributed by atoms with Gasteiger partial charge in [0.2, 0.25) is 5.91 Å². The molecule has 0 atom stereocenters. The number of amides is 2. The summed E-state index contributed by atoms with van der Waals surface area (Å²) >= 11 is 0. The highest BCUT2D eigenvalue weighted by atomic mass is 16.2. The van der Waals surface area contributed by atoms with Crippen LogP contribution in [0.15, 0.2) is 29.3 Å². The van der Waals surface area contributed by atoms with E-state index < -0.39 is 5.91 Å². The van der Waals surface area contributed by atoms with Gasteiger partial charge >= 0.3 is 0 Å². The van der Waals surface area contributed by atoms with Gasteiger partial charge in [0.1, 0.15) is 0 Å². The van der Waals surface area contributed by atoms with Crippen LogP contribution in [-0.4, -0.2) is 24.7 Å². The van der Waals surface area contributed by atoms with Crippen molar-refractivity contribution in [3.05, 3.63) is 29.8 Å². The molecule has 0 unspecified atom stereocenters. The van der Waals surface area contributed by atoms with Crippen molar-refractivity contribution in [2.75, 3.05) is 6.54 Å². The van der Waals surface area contributed by atoms with Crippen molar-refractivity contribution in [3.8, 4) is 0 Å². The van der Waals surface area contributed by atoms with Crippen LogP contribution in [0.3, 0.4) is 0 Å². The largest absolute Gasteiger partial charge is 0.390 e. The Morgan fingerprint density at radius 3 is 2.81 bits per heavy atom. The van der Waals surface area contributed by atoms with Crippen LogP contribution < -0.4 is 16.8 Å². The summed E-state index contributed by atoms with van der Waals surface area (Å²) in [5.41, 5.74) is 11.0. The van der Waals surface area contributed by atoms with Crippen molar-refractivity contribution in [1.82, 2.24) is 5.32 Å². The molecular formula is C10H12N4O2. The minimum absolute atomic E-state index is 0.191. The summed E-state index contributed by atoms with van der Waals surface area (Å²) in [5, 5.41) is 2.37. The SMILES string of the molecule is NC=Nc1cccc(C(=O)NCC(N)=O)c1. The van der Waals surface area contributed by atoms with Crippen LogP contribution in [0.1, 0.15) is 10.4 Å². The Hall–Kier alpha value is -2.37. The maximum atomic E-state index is 11.5. The van der Waals surface area contributed by atoms with Crippen LogP contribution >= 0.6 is 0 Å². The van der Waals surface area contributed by atoms with Crippen molar-refractivity contribution in [1.29, 1.82) is 0 Å². The molecule has 16 heavy (non-hydrogen) atoms. The van der Waals surface area contributed by atoms with E-state index in [4.69, 9.17) is 11.5 Å². The predicted molar refractivity (Wildman–Crippen MR) is 60.3 cm³/mol. The second kappa shape index (κ2) is 5.50. The van der Waals surface area contributed by atoms with E-state index in [1.807, 2.05) is 0 Å². The van der Waals surface area contributed by atoms with Gasteiger partial charge in [-0.05, 0) is 18.2 Å². The summed E-state index contributed by atoms with van der Waals surface area (Å²) in [7, 11) is 0. The monoisotopic (exact) mass is 220 g/mol. The predicted octanol–water partition coefficient (Wildman–Crippen LogP) is -0.480. The van der Waals surface area contributed by atoms with Gasteiger partial charge in [-0.25, -0.2) is 4.99 Å². The molecule has 0 aliphatic carbocycles. The molecule has 0 spiro atoms. The molecule has 0 saturated carbocycles. The lowest BCUT2D eigenvalue weighted by atomic mass is 10.2. The summed E-state index contributed by atoms with van der Waals surface area (Å²) in [6, 6.07) is 6.53. The molecular weight excluding hydrogens is 208 g/mol. The third-order valence-corrected chi connectivity index (χ3v) is 1.76. The molecule has 1 aromatic carbocycles. The fourth-order valence-corrected chi connectivity index (χ4v) is 1.08. The molecule has 5 N–H and O–H groups in total. The van der Waals surface area contributed by atoms with E-state index in [1.165, 1.54) is 0 Å². The molecule has 0 saturated heterocycles. The van der Waals surface area contributed by atoms with Crippen LogP contribution in [0.2, 0.25) is 0 Å². The molecule has 6 heteroatoms. The topological polar surface area (TPSA) is 111 Å². The average molecular weight is 220 g/mol. The molecule has 84 valence electrons. The highest BCUT2D eigenvalue weighted by molar-refractivity contribution is 5.96. The molecule has 0 aromatic heterocycles. The van der Waals surface area contributed by atoms with E-state index in [1.54, 1.807) is 24.3 Å². The van der Waals surface area contributed by atoms with Gasteiger partial charge in [-0.15, -0.1) is 0 Å². The normalized spacial score (nSPS) is 10.2. The Morgan fingerprint density at radius 2 is 2.19 bits per heavy atom. The van der Waals surface area contributed by atoms with Crippen molar-refractivity contribution in [2.24, 2.45) is 16.5 Å². The Morgan fingerprint density at radius 1 is 1.44 bits per heavy atom. The van der Waals surface area contributed by atoms with Gasteiger partial charge in [0, 0.05) is 5.56 Å². The summed E-state index contributed by atoms with van der Waals surface area (Å²) < 4.78 is 0. The molecule has 6 nitrogen and oxygen atoms in total. The number of carbonyl (C=O) groups excluding carboxylic acids is 2. The lowest BCUT2D eigenvalue weighted by Gasteiger charge is -2.03. The smallest absolute Gasteiger partial charge is 0.251 e. The van der Waals surface area contributed by atoms with Gasteiger partial charge in [-0.1, -0.05) is 6.07 Å². The number of nitrogens with one attached hydrogen (secondary N) is 1. The Bertz CT molecular complexity index is 429. The second-order valence-corrected chi connectivity index (χ2v) is 2.98. The van der Waals surface area contributed by atoms with Gasteiger partial charge in [-0.3, -0.25) is 9.59 Å². The minimum Gasteiger partial charge on any atom is -0.390 e.